The fourth-order valence-electron chi connectivity index (χ4n) is 14.9. The molecule has 0 N–H and O–H groups in total. The van der Waals surface area contributed by atoms with Crippen LogP contribution in [-0.4, -0.2) is 140 Å². The highest BCUT2D eigenvalue weighted by molar-refractivity contribution is 6.30. The minimum Gasteiger partial charge on any atom is -0.493 e. The number of halogens is 6. The molecule has 4 aromatic heterocycles. The van der Waals surface area contributed by atoms with Crippen molar-refractivity contribution in [3.63, 3.8) is 0 Å². The molecule has 0 radical (unpaired) electrons. The monoisotopic (exact) mass is 1450 g/mol. The van der Waals surface area contributed by atoms with Crippen molar-refractivity contribution < 1.29 is 80.2 Å². The van der Waals surface area contributed by atoms with Crippen molar-refractivity contribution in [2.24, 2.45) is 7.05 Å². The average molecular weight is 1450 g/mol. The van der Waals surface area contributed by atoms with E-state index in [1.54, 1.807) is 55.6 Å². The molecule has 11 heterocycles. The third kappa shape index (κ3) is 13.2. The molecule has 540 valence electrons. The Kier molecular flexibility index (Phi) is 18.2. The van der Waals surface area contributed by atoms with Crippen molar-refractivity contribution in [2.45, 2.75) is 94.0 Å². The van der Waals surface area contributed by atoms with Crippen LogP contribution in [0.5, 0.6) is 34.5 Å². The zero-order chi connectivity index (χ0) is 72.3. The van der Waals surface area contributed by atoms with Gasteiger partial charge in [-0.3, -0.25) is 19.1 Å². The summed E-state index contributed by atoms with van der Waals surface area (Å²) in [5, 5.41) is 13.0. The molecule has 7 aliphatic rings. The molecule has 4 saturated heterocycles. The minimum absolute atomic E-state index is 0. The van der Waals surface area contributed by atoms with Gasteiger partial charge >= 0.3 is 12.9 Å². The zero-order valence-electron chi connectivity index (χ0n) is 57.0. The smallest absolute Gasteiger partial charge is 0.493 e. The molecule has 3 amide bonds. The van der Waals surface area contributed by atoms with Crippen LogP contribution in [0.4, 0.5) is 22.0 Å². The van der Waals surface area contributed by atoms with Gasteiger partial charge in [0.05, 0.1) is 42.6 Å². The molecule has 6 aromatic carbocycles. The first kappa shape index (κ1) is 69.0. The minimum atomic E-state index is -4.70. The molecule has 4 fully saturated rings. The second-order valence-electron chi connectivity index (χ2n) is 26.8. The molecule has 27 heteroatoms. The number of hydrogen-bond donors (Lipinski definition) is 0. The fourth-order valence-corrected chi connectivity index (χ4v) is 15.0. The van der Waals surface area contributed by atoms with E-state index in [-0.39, 0.29) is 72.7 Å². The van der Waals surface area contributed by atoms with E-state index < -0.39 is 41.4 Å². The van der Waals surface area contributed by atoms with E-state index in [1.165, 1.54) is 29.2 Å². The number of rotatable bonds is 10. The van der Waals surface area contributed by atoms with Crippen molar-refractivity contribution in [1.29, 1.82) is 0 Å². The number of piperidine rings is 3. The molecule has 21 nitrogen and oxygen atoms in total. The number of aromatic nitrogens is 6. The lowest BCUT2D eigenvalue weighted by molar-refractivity contribution is -0.212. The van der Waals surface area contributed by atoms with Gasteiger partial charge in [-0.1, -0.05) is 83.5 Å². The molecule has 17 rings (SSSR count). The van der Waals surface area contributed by atoms with Gasteiger partial charge in [0, 0.05) is 149 Å². The second kappa shape index (κ2) is 27.5. The van der Waals surface area contributed by atoms with Gasteiger partial charge < -0.3 is 61.7 Å². The Morgan fingerprint density at radius 1 is 0.663 bits per heavy atom. The maximum atomic E-state index is 13.5. The number of fused-ring (bicyclic) bond motifs is 12. The first-order valence-electron chi connectivity index (χ1n) is 34.1. The topological polar surface area (TPSA) is 201 Å². The highest BCUT2D eigenvalue weighted by Gasteiger charge is 2.50. The van der Waals surface area contributed by atoms with Crippen molar-refractivity contribution in [2.75, 3.05) is 59.6 Å². The summed E-state index contributed by atoms with van der Waals surface area (Å²) in [6, 6.07) is 47.0. The average Bonchev–Trinajstić information content (AvgIpc) is 1.74. The quantitative estimate of drug-likeness (QED) is 0.117. The molecule has 10 aromatic rings. The molecular weight excluding hydrogens is 1370 g/mol. The van der Waals surface area contributed by atoms with Crippen LogP contribution in [0.25, 0.3) is 39.5 Å². The van der Waals surface area contributed by atoms with E-state index in [0.29, 0.717) is 110 Å². The SMILES string of the molecule is COc1cc(C(=O)N2CCC3(CC2)Oc2cc(Cl)ccc2-n2cccc23)ccc1OC[C@@H]1COC(C)(C)O1.Cn1ncc2c1-c1ccccc1OC21CCN(C(=O)c2cc(-c3ccccc3)no2)CC1.O=C(c1ccccc1OC(F)F)N1CCC2(CC1)Oc1ccccc1-c1nn(C(F)(F)F)cc12.[HH]. The number of alkyl halides is 5. The first-order chi connectivity index (χ1) is 50.1. The van der Waals surface area contributed by atoms with E-state index in [4.69, 9.17) is 49.3 Å². The van der Waals surface area contributed by atoms with Crippen molar-refractivity contribution >= 4 is 29.3 Å². The number of nitrogens with zero attached hydrogens (tertiary/aromatic N) is 9. The molecule has 0 saturated carbocycles. The summed E-state index contributed by atoms with van der Waals surface area (Å²) in [4.78, 5) is 44.7. The molecule has 3 spiro atoms. The van der Waals surface area contributed by atoms with E-state index in [1.807, 2.05) is 121 Å². The lowest BCUT2D eigenvalue weighted by Gasteiger charge is -2.45. The predicted octanol–water partition coefficient (Wildman–Crippen LogP) is 14.9. The number of hydrogen-bond acceptors (Lipinski definition) is 15. The van der Waals surface area contributed by atoms with E-state index in [2.05, 4.69) is 36.8 Å². The second-order valence-corrected chi connectivity index (χ2v) is 27.2. The van der Waals surface area contributed by atoms with Gasteiger partial charge in [-0.2, -0.15) is 23.7 Å². The summed E-state index contributed by atoms with van der Waals surface area (Å²) < 4.78 is 122. The van der Waals surface area contributed by atoms with Crippen LogP contribution in [-0.2, 0) is 39.6 Å². The van der Waals surface area contributed by atoms with Gasteiger partial charge in [0.2, 0.25) is 5.76 Å². The van der Waals surface area contributed by atoms with E-state index in [0.717, 1.165) is 51.5 Å². The van der Waals surface area contributed by atoms with E-state index in [9.17, 15) is 36.3 Å². The lowest BCUT2D eigenvalue weighted by Crippen LogP contribution is -2.50. The normalized spacial score (nSPS) is 18.1. The standard InChI is InChI=1S/C29H31ClN2O6.C25H22N4O3.C23H18F5N3O3.H2/c1-28(2)36-18-21(37-28)17-35-23-9-6-19(15-25(23)34-3)27(33)31-13-10-29(11-14-31)26-5-4-12-32(26)22-8-7-20(30)16-24(22)38-29;1-28-23-18-9-5-6-10-21(18)31-25(19(23)16-26-28)11-13-29(14-12-25)24(30)22-15-20(27-32-22)17-7-3-2-4-8-17;24-21(25)33-17-7-3-2-6-15(17)20(32)30-11-9-22(10-12-30)16-13-31(23(26,27)28)29-19(16)14-5-1-4-8-18(14)34-22;/h4-9,12,15-16,21H,10-11,13-14,17-18H2,1-3H3;2-10,15-16H,11-14H2,1H3;1-8,13,21H,9-12H2;1H/t21-;;;/m1.../s1. The number of aryl methyl sites for hydroxylation is 1. The maximum Gasteiger partial charge on any atom is 0.504 e. The molecule has 0 aliphatic carbocycles. The number of likely N-dealkylation sites (tertiary alicyclic amines) is 3. The Balaban J connectivity index is 0.000000132. The number of methoxy groups -OCH3 is 1. The summed E-state index contributed by atoms with van der Waals surface area (Å²) in [6.45, 7) is 4.01. The van der Waals surface area contributed by atoms with Crippen molar-refractivity contribution in [1.82, 2.24) is 44.0 Å². The third-order valence-electron chi connectivity index (χ3n) is 20.1. The van der Waals surface area contributed by atoms with Gasteiger partial charge in [0.1, 0.15) is 58.3 Å². The Bertz CT molecular complexity index is 4870. The highest BCUT2D eigenvalue weighted by Crippen LogP contribution is 2.52. The number of carbonyl (C=O) groups is 3. The Morgan fingerprint density at radius 2 is 1.29 bits per heavy atom. The van der Waals surface area contributed by atoms with Gasteiger partial charge in [-0.25, -0.2) is 0 Å². The van der Waals surface area contributed by atoms with Crippen LogP contribution < -0.4 is 28.4 Å². The van der Waals surface area contributed by atoms with Gasteiger partial charge in [-0.05, 0) is 92.7 Å². The van der Waals surface area contributed by atoms with Gasteiger partial charge in [-0.15, -0.1) is 13.2 Å². The largest absolute Gasteiger partial charge is 0.504 e. The zero-order valence-corrected chi connectivity index (χ0v) is 57.7. The van der Waals surface area contributed by atoms with Crippen LogP contribution in [0, 0.1) is 0 Å². The molecule has 1 atom stereocenters. The Hall–Kier alpha value is -10.7. The molecular formula is C77H73ClF5N9O12. The summed E-state index contributed by atoms with van der Waals surface area (Å²) in [5.74, 6) is 1.83. The van der Waals surface area contributed by atoms with Crippen LogP contribution in [0.1, 0.15) is 102 Å². The van der Waals surface area contributed by atoms with Gasteiger partial charge in [0.25, 0.3) is 17.7 Å². The Morgan fingerprint density at radius 3 is 1.97 bits per heavy atom. The summed E-state index contributed by atoms with van der Waals surface area (Å²) in [6.07, 6.45) is 3.15. The number of benzene rings is 6. The van der Waals surface area contributed by atoms with Crippen LogP contribution in [0.2, 0.25) is 5.02 Å². The highest BCUT2D eigenvalue weighted by atomic mass is 35.5. The molecule has 104 heavy (non-hydrogen) atoms. The summed E-state index contributed by atoms with van der Waals surface area (Å²) in [5.41, 5.74) is 6.30. The first-order valence-corrected chi connectivity index (χ1v) is 34.5. The number of ether oxygens (including phenoxy) is 8. The molecule has 7 aliphatic heterocycles. The predicted molar refractivity (Wildman–Crippen MR) is 371 cm³/mol. The molecule has 0 unspecified atom stereocenters. The van der Waals surface area contributed by atoms with E-state index >= 15 is 0 Å². The summed E-state index contributed by atoms with van der Waals surface area (Å²) in [7, 11) is 3.53. The van der Waals surface area contributed by atoms with Crippen molar-refractivity contribution in [3.05, 3.63) is 215 Å². The number of para-hydroxylation sites is 3. The van der Waals surface area contributed by atoms with Crippen LogP contribution in [0.3, 0.4) is 0 Å². The summed E-state index contributed by atoms with van der Waals surface area (Å²) >= 11 is 6.26. The lowest BCUT2D eigenvalue weighted by atomic mass is 9.81. The van der Waals surface area contributed by atoms with Gasteiger partial charge in [0.15, 0.2) is 22.9 Å². The molecule has 0 bridgehead atoms. The van der Waals surface area contributed by atoms with Crippen molar-refractivity contribution in [3.8, 4) is 74.0 Å². The Labute approximate surface area is 600 Å². The van der Waals surface area contributed by atoms with Crippen LogP contribution >= 0.6 is 11.6 Å². The van der Waals surface area contributed by atoms with Crippen LogP contribution in [0.15, 0.2) is 181 Å². The third-order valence-corrected chi connectivity index (χ3v) is 20.3. The maximum absolute atomic E-state index is 13.5. The number of carbonyl (C=O) groups excluding carboxylic acids is 3. The number of amides is 3. The fraction of sp³-hybridized carbons (Fsp3) is 0.325.